The molecule has 0 saturated heterocycles. The quantitative estimate of drug-likeness (QED) is 0.675. The zero-order chi connectivity index (χ0) is 14.7. The fourth-order valence-electron chi connectivity index (χ4n) is 2.01. The molecule has 20 heavy (non-hydrogen) atoms. The number of hydrogen-bond acceptors (Lipinski definition) is 2. The van der Waals surface area contributed by atoms with Gasteiger partial charge in [-0.15, -0.1) is 0 Å². The van der Waals surface area contributed by atoms with Gasteiger partial charge in [-0.3, -0.25) is 4.79 Å². The molecule has 0 aromatic heterocycles. The molecule has 0 bridgehead atoms. The van der Waals surface area contributed by atoms with E-state index < -0.39 is 5.82 Å². The van der Waals surface area contributed by atoms with E-state index >= 15 is 0 Å². The van der Waals surface area contributed by atoms with Gasteiger partial charge in [0, 0.05) is 0 Å². The van der Waals surface area contributed by atoms with Gasteiger partial charge in [-0.25, -0.2) is 4.39 Å². The topological polar surface area (TPSA) is 37.3 Å². The molecule has 2 aromatic rings. The molecule has 0 aliphatic carbocycles. The van der Waals surface area contributed by atoms with Crippen LogP contribution in [-0.4, -0.2) is 10.9 Å². The Balaban J connectivity index is 2.26. The molecule has 2 nitrogen and oxygen atoms in total. The molecule has 1 N–H and O–H groups in total. The Kier molecular flexibility index (Phi) is 3.99. The molecule has 0 atom stereocenters. The lowest BCUT2D eigenvalue weighted by molar-refractivity contribution is 0.104. The number of carbonyl (C=O) groups is 1. The van der Waals surface area contributed by atoms with Gasteiger partial charge in [-0.2, -0.15) is 0 Å². The third-order valence-corrected chi connectivity index (χ3v) is 3.08. The maximum absolute atomic E-state index is 13.5. The van der Waals surface area contributed by atoms with Gasteiger partial charge in [0.25, 0.3) is 0 Å². The van der Waals surface area contributed by atoms with E-state index in [1.54, 1.807) is 44.2 Å². The highest BCUT2D eigenvalue weighted by atomic mass is 19.1. The first-order valence-corrected chi connectivity index (χ1v) is 6.26. The van der Waals surface area contributed by atoms with E-state index in [1.807, 2.05) is 0 Å². The largest absolute Gasteiger partial charge is 0.507 e. The zero-order valence-corrected chi connectivity index (χ0v) is 11.4. The first-order valence-electron chi connectivity index (χ1n) is 6.26. The summed E-state index contributed by atoms with van der Waals surface area (Å²) < 4.78 is 13.5. The van der Waals surface area contributed by atoms with Crippen LogP contribution in [0.2, 0.25) is 0 Å². The molecule has 0 aliphatic rings. The minimum absolute atomic E-state index is 0.0518. The van der Waals surface area contributed by atoms with E-state index in [9.17, 15) is 14.3 Å². The van der Waals surface area contributed by atoms with Crippen molar-refractivity contribution < 1.29 is 14.3 Å². The van der Waals surface area contributed by atoms with Crippen LogP contribution in [0.1, 0.15) is 27.0 Å². The smallest absolute Gasteiger partial charge is 0.188 e. The number of aromatic hydroxyl groups is 1. The summed E-state index contributed by atoms with van der Waals surface area (Å²) in [7, 11) is 0. The molecule has 0 radical (unpaired) electrons. The van der Waals surface area contributed by atoms with Gasteiger partial charge in [-0.1, -0.05) is 18.2 Å². The molecule has 0 spiro atoms. The molecule has 0 aliphatic heterocycles. The number of halogens is 1. The maximum atomic E-state index is 13.5. The number of aryl methyl sites for hydroxylation is 2. The molecule has 2 aromatic carbocycles. The fraction of sp³-hybridized carbons (Fsp3) is 0.118. The van der Waals surface area contributed by atoms with Crippen LogP contribution >= 0.6 is 0 Å². The Morgan fingerprint density at radius 2 is 1.75 bits per heavy atom. The summed E-state index contributed by atoms with van der Waals surface area (Å²) in [6, 6.07) is 9.42. The highest BCUT2D eigenvalue weighted by Gasteiger charge is 2.07. The van der Waals surface area contributed by atoms with Crippen LogP contribution in [0.15, 0.2) is 42.5 Å². The van der Waals surface area contributed by atoms with E-state index in [0.29, 0.717) is 0 Å². The normalized spacial score (nSPS) is 10.9. The number of allylic oxidation sites excluding steroid dienone is 1. The minimum Gasteiger partial charge on any atom is -0.507 e. The lowest BCUT2D eigenvalue weighted by Gasteiger charge is -2.04. The first kappa shape index (κ1) is 14.0. The monoisotopic (exact) mass is 270 g/mol. The van der Waals surface area contributed by atoms with Gasteiger partial charge in [0.1, 0.15) is 11.6 Å². The molecular weight excluding hydrogens is 255 g/mol. The maximum Gasteiger partial charge on any atom is 0.188 e. The van der Waals surface area contributed by atoms with Crippen LogP contribution in [0.25, 0.3) is 6.08 Å². The second kappa shape index (κ2) is 5.70. The average molecular weight is 270 g/mol. The molecule has 0 unspecified atom stereocenters. The van der Waals surface area contributed by atoms with Crippen molar-refractivity contribution in [3.8, 4) is 5.75 Å². The molecule has 0 saturated carbocycles. The Bertz CT molecular complexity index is 664. The Morgan fingerprint density at radius 3 is 2.35 bits per heavy atom. The van der Waals surface area contributed by atoms with Gasteiger partial charge in [-0.05, 0) is 60.9 Å². The van der Waals surface area contributed by atoms with Crippen molar-refractivity contribution in [2.24, 2.45) is 0 Å². The highest BCUT2D eigenvalue weighted by Crippen LogP contribution is 2.23. The summed E-state index contributed by atoms with van der Waals surface area (Å²) >= 11 is 0. The van der Waals surface area contributed by atoms with Crippen molar-refractivity contribution in [1.82, 2.24) is 0 Å². The van der Waals surface area contributed by atoms with E-state index in [4.69, 9.17) is 0 Å². The summed E-state index contributed by atoms with van der Waals surface area (Å²) in [5.41, 5.74) is 2.32. The molecule has 3 heteroatoms. The van der Waals surface area contributed by atoms with Gasteiger partial charge < -0.3 is 5.11 Å². The van der Waals surface area contributed by atoms with E-state index in [-0.39, 0.29) is 17.1 Å². The van der Waals surface area contributed by atoms with Crippen molar-refractivity contribution in [3.63, 3.8) is 0 Å². The van der Waals surface area contributed by atoms with Crippen LogP contribution < -0.4 is 0 Å². The van der Waals surface area contributed by atoms with Gasteiger partial charge in [0.2, 0.25) is 0 Å². The van der Waals surface area contributed by atoms with Crippen LogP contribution in [0.5, 0.6) is 5.75 Å². The number of hydrogen-bond donors (Lipinski definition) is 1. The third kappa shape index (κ3) is 2.94. The average Bonchev–Trinajstić information content (AvgIpc) is 2.42. The number of benzene rings is 2. The van der Waals surface area contributed by atoms with Crippen LogP contribution in [0.3, 0.4) is 0 Å². The van der Waals surface area contributed by atoms with Gasteiger partial charge in [0.05, 0.1) is 5.56 Å². The van der Waals surface area contributed by atoms with E-state index in [2.05, 4.69) is 0 Å². The predicted molar refractivity (Wildman–Crippen MR) is 77.3 cm³/mol. The van der Waals surface area contributed by atoms with Crippen molar-refractivity contribution >= 4 is 11.9 Å². The predicted octanol–water partition coefficient (Wildman–Crippen LogP) is 4.04. The summed E-state index contributed by atoms with van der Waals surface area (Å²) in [5, 5.41) is 9.68. The second-order valence-corrected chi connectivity index (χ2v) is 4.68. The number of phenols is 1. The minimum atomic E-state index is -0.528. The molecule has 0 fully saturated rings. The summed E-state index contributed by atoms with van der Waals surface area (Å²) in [6.07, 6.45) is 2.96. The molecule has 2 rings (SSSR count). The fourth-order valence-corrected chi connectivity index (χ4v) is 2.01. The summed E-state index contributed by atoms with van der Waals surface area (Å²) in [5.74, 6) is -0.658. The summed E-state index contributed by atoms with van der Waals surface area (Å²) in [4.78, 5) is 11.9. The number of phenolic OH excluding ortho intramolecular Hbond substituents is 1. The van der Waals surface area contributed by atoms with Crippen LogP contribution in [0.4, 0.5) is 4.39 Å². The van der Waals surface area contributed by atoms with E-state index in [1.165, 1.54) is 18.2 Å². The highest BCUT2D eigenvalue weighted by molar-refractivity contribution is 6.07. The van der Waals surface area contributed by atoms with E-state index in [0.717, 1.165) is 16.7 Å². The van der Waals surface area contributed by atoms with Crippen LogP contribution in [0, 0.1) is 19.7 Å². The Morgan fingerprint density at radius 1 is 1.15 bits per heavy atom. The standard InChI is InChI=1S/C17H15FO2/c1-11-9-13(10-12(2)17(11)20)7-8-16(19)14-5-3-4-6-15(14)18/h3-10,20H,1-2H3. The zero-order valence-electron chi connectivity index (χ0n) is 11.4. The third-order valence-electron chi connectivity index (χ3n) is 3.08. The van der Waals surface area contributed by atoms with Gasteiger partial charge in [0.15, 0.2) is 5.78 Å². The molecule has 102 valence electrons. The van der Waals surface area contributed by atoms with Crippen molar-refractivity contribution in [3.05, 3.63) is 70.5 Å². The molecular formula is C17H15FO2. The van der Waals surface area contributed by atoms with Gasteiger partial charge >= 0.3 is 0 Å². The second-order valence-electron chi connectivity index (χ2n) is 4.68. The van der Waals surface area contributed by atoms with Crippen molar-refractivity contribution in [1.29, 1.82) is 0 Å². The molecule has 0 amide bonds. The Labute approximate surface area is 117 Å². The first-order chi connectivity index (χ1) is 9.49. The van der Waals surface area contributed by atoms with Crippen molar-refractivity contribution in [2.45, 2.75) is 13.8 Å². The SMILES string of the molecule is Cc1cc(C=CC(=O)c2ccccc2F)cc(C)c1O. The van der Waals surface area contributed by atoms with Crippen molar-refractivity contribution in [2.75, 3.05) is 0 Å². The lowest BCUT2D eigenvalue weighted by Crippen LogP contribution is -1.97. The van der Waals surface area contributed by atoms with Crippen LogP contribution in [-0.2, 0) is 0 Å². The summed E-state index contributed by atoms with van der Waals surface area (Å²) in [6.45, 7) is 3.58. The number of rotatable bonds is 3. The molecule has 0 heterocycles. The lowest BCUT2D eigenvalue weighted by atomic mass is 10.0. The Hall–Kier alpha value is -2.42. The number of ketones is 1. The number of carbonyl (C=O) groups excluding carboxylic acids is 1.